The molecule has 5 heterocycles. The number of anilines is 2. The maximum Gasteiger partial charge on any atom is 0.250 e. The van der Waals surface area contributed by atoms with Crippen LogP contribution in [0.25, 0.3) is 22.0 Å². The standard InChI is InChI=1S/C28H37N5O5.C27H32F2N4O.CH2F2/c1-22-28(23(2)38-30-22)25-6-7-27(35)33(20-25)19-24-4-3-5-26(18-24)37-17-14-32-11-9-31(10-12-32)13-16-36-15-8-29-21-34;1-19-16-27(34-3)25(18-23(19)29)30-12-5-6-21-17-22-24(31-20-9-13-32(2)14-10-20)7-4-8-26(22)33(21)15-11-28;2-1-3/h3-7,18,20-21H,8-17,19H2,1-2H3,(H,29,34);4,7-8,16-18,20,30-31H,9-15H2,1-3H3;1H2. The van der Waals surface area contributed by atoms with Gasteiger partial charge in [0.25, 0.3) is 5.56 Å². The summed E-state index contributed by atoms with van der Waals surface area (Å²) in [5, 5.41) is 14.5. The molecule has 8 rings (SSSR count). The highest BCUT2D eigenvalue weighted by molar-refractivity contribution is 5.94. The highest BCUT2D eigenvalue weighted by Crippen LogP contribution is 2.30. The highest BCUT2D eigenvalue weighted by Gasteiger charge is 2.20. The number of likely N-dealkylation sites (tertiary alicyclic amines) is 1. The van der Waals surface area contributed by atoms with E-state index in [2.05, 4.69) is 60.8 Å². The zero-order chi connectivity index (χ0) is 53.5. The Kier molecular flexibility index (Phi) is 22.9. The van der Waals surface area contributed by atoms with Gasteiger partial charge in [-0.1, -0.05) is 29.3 Å². The summed E-state index contributed by atoms with van der Waals surface area (Å²) in [6.45, 7) is 14.6. The molecule has 0 aliphatic carbocycles. The predicted molar refractivity (Wildman–Crippen MR) is 287 cm³/mol. The molecule has 2 aliphatic rings. The van der Waals surface area contributed by atoms with E-state index in [4.69, 9.17) is 18.7 Å². The third-order valence-electron chi connectivity index (χ3n) is 13.1. The highest BCUT2D eigenvalue weighted by atomic mass is 19.3. The number of hydrogen-bond acceptors (Lipinski definition) is 12. The topological polar surface area (TPSA) is 144 Å². The largest absolute Gasteiger partial charge is 0.495 e. The minimum absolute atomic E-state index is 0.0626. The van der Waals surface area contributed by atoms with E-state index >= 15 is 0 Å². The molecule has 1 amide bonds. The Morgan fingerprint density at radius 1 is 0.867 bits per heavy atom. The number of aromatic nitrogens is 3. The Hall–Kier alpha value is -6.85. The zero-order valence-electron chi connectivity index (χ0n) is 43.7. The van der Waals surface area contributed by atoms with E-state index < -0.39 is 13.6 Å². The Morgan fingerprint density at radius 3 is 2.29 bits per heavy atom. The van der Waals surface area contributed by atoms with Crippen molar-refractivity contribution >= 4 is 28.7 Å². The first-order valence-corrected chi connectivity index (χ1v) is 25.3. The molecule has 0 bridgehead atoms. The lowest BCUT2D eigenvalue weighted by Gasteiger charge is -2.34. The molecular weight excluding hydrogens is 971 g/mol. The molecule has 0 saturated carbocycles. The van der Waals surface area contributed by atoms with Gasteiger partial charge in [-0.3, -0.25) is 19.4 Å². The Morgan fingerprint density at radius 2 is 1.60 bits per heavy atom. The van der Waals surface area contributed by atoms with E-state index in [1.807, 2.05) is 73.1 Å². The van der Waals surface area contributed by atoms with Crippen LogP contribution in [-0.2, 0) is 22.6 Å². The number of nitrogens with one attached hydrogen (secondary N) is 3. The number of aryl methyl sites for hydroxylation is 4. The molecule has 19 heteroatoms. The van der Waals surface area contributed by atoms with Gasteiger partial charge in [-0.25, -0.2) is 17.6 Å². The molecule has 2 aliphatic heterocycles. The maximum atomic E-state index is 14.0. The van der Waals surface area contributed by atoms with Crippen LogP contribution < -0.4 is 31.0 Å². The van der Waals surface area contributed by atoms with E-state index in [-0.39, 0.29) is 17.9 Å². The number of methoxy groups -OCH3 is 1. The van der Waals surface area contributed by atoms with E-state index in [1.54, 1.807) is 30.7 Å². The molecule has 2 saturated heterocycles. The normalized spacial score (nSPS) is 14.2. The fraction of sp³-hybridized carbons (Fsp3) is 0.446. The van der Waals surface area contributed by atoms with Gasteiger partial charge in [0.05, 0.1) is 62.5 Å². The fourth-order valence-corrected chi connectivity index (χ4v) is 9.09. The van der Waals surface area contributed by atoms with E-state index in [0.717, 1.165) is 121 Å². The summed E-state index contributed by atoms with van der Waals surface area (Å²) in [5.41, 5.74) is 7.43. The van der Waals surface area contributed by atoms with Crippen molar-refractivity contribution in [2.24, 2.45) is 0 Å². The van der Waals surface area contributed by atoms with Crippen molar-refractivity contribution < 1.29 is 41.1 Å². The summed E-state index contributed by atoms with van der Waals surface area (Å²) in [6, 6.07) is 22.9. The number of rotatable bonds is 21. The molecule has 0 spiro atoms. The van der Waals surface area contributed by atoms with Gasteiger partial charge in [0, 0.05) is 92.4 Å². The van der Waals surface area contributed by atoms with Crippen LogP contribution in [-0.4, -0.2) is 154 Å². The molecule has 6 aromatic rings. The first kappa shape index (κ1) is 57.4. The molecule has 15 nitrogen and oxygen atoms in total. The van der Waals surface area contributed by atoms with Gasteiger partial charge in [0.1, 0.15) is 36.4 Å². The van der Waals surface area contributed by atoms with Gasteiger partial charge < -0.3 is 48.7 Å². The fourth-order valence-electron chi connectivity index (χ4n) is 9.09. The van der Waals surface area contributed by atoms with Crippen LogP contribution in [0.2, 0.25) is 0 Å². The number of pyridine rings is 1. The first-order valence-electron chi connectivity index (χ1n) is 25.3. The second-order valence-electron chi connectivity index (χ2n) is 18.3. The third-order valence-corrected chi connectivity index (χ3v) is 13.1. The van der Waals surface area contributed by atoms with Crippen molar-refractivity contribution in [1.29, 1.82) is 0 Å². The summed E-state index contributed by atoms with van der Waals surface area (Å²) in [7, 11) is 3.70. The van der Waals surface area contributed by atoms with Gasteiger partial charge in [-0.2, -0.15) is 0 Å². The van der Waals surface area contributed by atoms with Gasteiger partial charge >= 0.3 is 0 Å². The van der Waals surface area contributed by atoms with Gasteiger partial charge in [-0.05, 0) is 113 Å². The number of ether oxygens (including phenoxy) is 3. The summed E-state index contributed by atoms with van der Waals surface area (Å²) < 4.78 is 72.5. The smallest absolute Gasteiger partial charge is 0.250 e. The average molecular weight is 1040 g/mol. The quantitative estimate of drug-likeness (QED) is 0.0280. The molecule has 0 radical (unpaired) electrons. The summed E-state index contributed by atoms with van der Waals surface area (Å²) in [6.07, 6.45) is 4.74. The van der Waals surface area contributed by atoms with Crippen LogP contribution in [0, 0.1) is 38.4 Å². The first-order chi connectivity index (χ1) is 36.4. The van der Waals surface area contributed by atoms with Crippen molar-refractivity contribution in [3.05, 3.63) is 123 Å². The number of benzene rings is 3. The average Bonchev–Trinajstić information content (AvgIpc) is 3.94. The van der Waals surface area contributed by atoms with E-state index in [0.29, 0.717) is 68.9 Å². The summed E-state index contributed by atoms with van der Waals surface area (Å²) in [5.74, 6) is 8.07. The van der Waals surface area contributed by atoms with Gasteiger partial charge in [0.15, 0.2) is 0 Å². The van der Waals surface area contributed by atoms with Gasteiger partial charge in [-0.15, -0.1) is 0 Å². The zero-order valence-corrected chi connectivity index (χ0v) is 43.7. The number of alkyl halides is 3. The molecule has 3 aromatic carbocycles. The minimum atomic E-state index is -1.75. The number of fused-ring (bicyclic) bond motifs is 1. The number of nitrogens with zero attached hydrogens (tertiary/aromatic N) is 6. The summed E-state index contributed by atoms with van der Waals surface area (Å²) >= 11 is 0. The number of piperidine rings is 1. The van der Waals surface area contributed by atoms with E-state index in [1.165, 1.54) is 6.07 Å². The number of amides is 1. The lowest BCUT2D eigenvalue weighted by atomic mass is 10.0. The minimum Gasteiger partial charge on any atom is -0.495 e. The van der Waals surface area contributed by atoms with E-state index in [9.17, 15) is 27.2 Å². The predicted octanol–water partition coefficient (Wildman–Crippen LogP) is 7.85. The Labute approximate surface area is 437 Å². The number of halogens is 4. The Balaban J connectivity index is 0.000000233. The van der Waals surface area contributed by atoms with Crippen LogP contribution in [0.4, 0.5) is 28.9 Å². The molecule has 0 atom stereocenters. The van der Waals surface area contributed by atoms with Crippen molar-refractivity contribution in [3.8, 4) is 34.5 Å². The second-order valence-corrected chi connectivity index (χ2v) is 18.3. The maximum absolute atomic E-state index is 14.0. The molecular formula is C56H71F4N9O6. The van der Waals surface area contributed by atoms with Crippen LogP contribution in [0.5, 0.6) is 11.5 Å². The van der Waals surface area contributed by atoms with Crippen LogP contribution in [0.15, 0.2) is 88.3 Å². The SMILES string of the molecule is COc1cc(C)c(F)cc1NCC#Cc1cc2c(NC3CCN(C)CC3)cccc2n1CCF.Cc1noc(C)c1-c1ccc(=O)n(Cc2cccc(OCCN3CCN(CCOCCNC=O)CC3)c2)c1.FCF. The molecule has 2 fully saturated rings. The van der Waals surface area contributed by atoms with Crippen molar-refractivity contribution in [3.63, 3.8) is 0 Å². The lowest BCUT2D eigenvalue weighted by Crippen LogP contribution is -2.48. The molecule has 3 N–H and O–H groups in total. The van der Waals surface area contributed by atoms with Crippen molar-refractivity contribution in [2.45, 2.75) is 52.7 Å². The monoisotopic (exact) mass is 1040 g/mol. The summed E-state index contributed by atoms with van der Waals surface area (Å²) in [4.78, 5) is 29.9. The lowest BCUT2D eigenvalue weighted by molar-refractivity contribution is -0.109. The number of carbonyl (C=O) groups excluding carboxylic acids is 1. The third kappa shape index (κ3) is 17.1. The van der Waals surface area contributed by atoms with Crippen LogP contribution >= 0.6 is 0 Å². The molecule has 3 aromatic heterocycles. The number of piperazine rings is 1. The van der Waals surface area contributed by atoms with Crippen LogP contribution in [0.1, 0.15) is 41.1 Å². The number of hydrogen-bond donors (Lipinski definition) is 3. The van der Waals surface area contributed by atoms with Gasteiger partial charge in [0.2, 0.25) is 13.3 Å². The number of carbonyl (C=O) groups is 1. The molecule has 0 unspecified atom stereocenters. The second kappa shape index (κ2) is 29.9. The van der Waals surface area contributed by atoms with Crippen molar-refractivity contribution in [1.82, 2.24) is 34.3 Å². The Bertz CT molecular complexity index is 2830. The van der Waals surface area contributed by atoms with Crippen LogP contribution in [0.3, 0.4) is 0 Å². The molecule has 75 heavy (non-hydrogen) atoms. The van der Waals surface area contributed by atoms with Crippen molar-refractivity contribution in [2.75, 3.05) is 124 Å². The molecule has 404 valence electrons.